The fourth-order valence-corrected chi connectivity index (χ4v) is 3.59. The monoisotopic (exact) mass is 391 g/mol. The van der Waals surface area contributed by atoms with Gasteiger partial charge in [0.25, 0.3) is 15.7 Å². The van der Waals surface area contributed by atoms with Crippen LogP contribution in [0.5, 0.6) is 0 Å². The van der Waals surface area contributed by atoms with E-state index in [1.54, 1.807) is 0 Å². The highest BCUT2D eigenvalue weighted by Crippen LogP contribution is 2.24. The molecular weight excluding hydrogens is 377 g/mol. The van der Waals surface area contributed by atoms with Gasteiger partial charge in [-0.1, -0.05) is 6.07 Å². The smallest absolute Gasteiger partial charge is 0.279 e. The maximum absolute atomic E-state index is 13.4. The summed E-state index contributed by atoms with van der Waals surface area (Å²) in [5.41, 5.74) is 0.841. The molecule has 140 valence electrons. The van der Waals surface area contributed by atoms with E-state index in [1.165, 1.54) is 61.2 Å². The molecule has 0 aliphatic heterocycles. The predicted octanol–water partition coefficient (Wildman–Crippen LogP) is 2.34. The Morgan fingerprint density at radius 2 is 2.07 bits per heavy atom. The number of aryl methyl sites for hydroxylation is 1. The van der Waals surface area contributed by atoms with E-state index in [0.29, 0.717) is 21.3 Å². The van der Waals surface area contributed by atoms with Gasteiger partial charge in [0.05, 0.1) is 27.9 Å². The lowest BCUT2D eigenvalue weighted by Crippen LogP contribution is -2.23. The van der Waals surface area contributed by atoms with Crippen molar-refractivity contribution in [2.75, 3.05) is 7.05 Å². The lowest BCUT2D eigenvalue weighted by Gasteiger charge is -2.15. The number of rotatable bonds is 5. The second-order valence-corrected chi connectivity index (χ2v) is 7.57. The first-order chi connectivity index (χ1) is 12.7. The number of non-ortho nitro benzene ring substituents is 1. The van der Waals surface area contributed by atoms with Crippen molar-refractivity contribution in [2.24, 2.45) is 5.10 Å². The molecule has 27 heavy (non-hydrogen) atoms. The number of nitro groups is 1. The number of aromatic nitrogens is 2. The van der Waals surface area contributed by atoms with E-state index in [-0.39, 0.29) is 10.6 Å². The summed E-state index contributed by atoms with van der Waals surface area (Å²) in [7, 11) is -2.91. The van der Waals surface area contributed by atoms with Gasteiger partial charge in [-0.15, -0.1) is 0 Å². The van der Waals surface area contributed by atoms with Crippen LogP contribution in [0.25, 0.3) is 5.65 Å². The number of hydrogen-bond donors (Lipinski definition) is 0. The first-order valence-electron chi connectivity index (χ1n) is 7.61. The molecule has 0 atom stereocenters. The van der Waals surface area contributed by atoms with Crippen molar-refractivity contribution >= 4 is 27.6 Å². The van der Waals surface area contributed by atoms with Gasteiger partial charge in [-0.3, -0.25) is 14.5 Å². The molecule has 1 aromatic carbocycles. The summed E-state index contributed by atoms with van der Waals surface area (Å²) in [6.45, 7) is 1.53. The Kier molecular flexibility index (Phi) is 4.62. The third-order valence-electron chi connectivity index (χ3n) is 3.86. The molecule has 0 radical (unpaired) electrons. The highest BCUT2D eigenvalue weighted by molar-refractivity contribution is 7.89. The molecule has 2 aromatic heterocycles. The van der Waals surface area contributed by atoms with Crippen molar-refractivity contribution in [3.8, 4) is 0 Å². The number of halogens is 1. The molecule has 0 saturated heterocycles. The molecule has 2 heterocycles. The molecule has 0 N–H and O–H groups in total. The van der Waals surface area contributed by atoms with Crippen LogP contribution in [-0.4, -0.2) is 40.4 Å². The van der Waals surface area contributed by atoms with Crippen molar-refractivity contribution in [3.05, 3.63) is 69.9 Å². The van der Waals surface area contributed by atoms with Crippen molar-refractivity contribution in [1.29, 1.82) is 0 Å². The van der Waals surface area contributed by atoms with Gasteiger partial charge in [-0.25, -0.2) is 9.37 Å². The third-order valence-corrected chi connectivity index (χ3v) is 5.64. The first kappa shape index (κ1) is 18.5. The van der Waals surface area contributed by atoms with Gasteiger partial charge < -0.3 is 0 Å². The van der Waals surface area contributed by atoms with Crippen molar-refractivity contribution < 1.29 is 17.7 Å². The van der Waals surface area contributed by atoms with Gasteiger partial charge in [0.2, 0.25) is 0 Å². The Morgan fingerprint density at radius 1 is 1.33 bits per heavy atom. The minimum absolute atomic E-state index is 0.222. The van der Waals surface area contributed by atoms with Gasteiger partial charge in [0, 0.05) is 25.4 Å². The number of benzene rings is 1. The summed E-state index contributed by atoms with van der Waals surface area (Å²) < 4.78 is 40.9. The summed E-state index contributed by atoms with van der Waals surface area (Å²) >= 11 is 0. The molecule has 0 unspecified atom stereocenters. The van der Waals surface area contributed by atoms with Gasteiger partial charge in [0.15, 0.2) is 0 Å². The number of hydrogen-bond acceptors (Lipinski definition) is 6. The van der Waals surface area contributed by atoms with Crippen molar-refractivity contribution in [2.45, 2.75) is 11.8 Å². The first-order valence-corrected chi connectivity index (χ1v) is 9.05. The largest absolute Gasteiger partial charge is 0.296 e. The second kappa shape index (κ2) is 6.76. The molecule has 3 aromatic rings. The van der Waals surface area contributed by atoms with Gasteiger partial charge >= 0.3 is 0 Å². The third kappa shape index (κ3) is 3.49. The van der Waals surface area contributed by atoms with Crippen LogP contribution < -0.4 is 0 Å². The van der Waals surface area contributed by atoms with Crippen LogP contribution in [0.15, 0.2) is 52.7 Å². The average Bonchev–Trinajstić information content (AvgIpc) is 3.01. The van der Waals surface area contributed by atoms with E-state index < -0.39 is 20.8 Å². The number of imidazole rings is 1. The summed E-state index contributed by atoms with van der Waals surface area (Å²) in [4.78, 5) is 14.1. The number of nitrogens with zero attached hydrogens (tertiary/aromatic N) is 5. The number of hydrazone groups is 1. The highest BCUT2D eigenvalue weighted by atomic mass is 32.2. The Labute approximate surface area is 153 Å². The normalized spacial score (nSPS) is 12.0. The lowest BCUT2D eigenvalue weighted by molar-refractivity contribution is -0.385. The highest BCUT2D eigenvalue weighted by Gasteiger charge is 2.24. The van der Waals surface area contributed by atoms with E-state index in [9.17, 15) is 22.9 Å². The van der Waals surface area contributed by atoms with Gasteiger partial charge in [-0.2, -0.15) is 17.9 Å². The fourth-order valence-electron chi connectivity index (χ4n) is 2.39. The van der Waals surface area contributed by atoms with E-state index in [4.69, 9.17) is 0 Å². The van der Waals surface area contributed by atoms with E-state index in [0.717, 1.165) is 6.07 Å². The molecule has 3 rings (SSSR count). The molecule has 0 saturated carbocycles. The standard InChI is InChI=1S/C16H14FN5O4S/c1-11-3-5-13(22(23)24)7-15(11)27(25,26)20(2)19-9-14-8-18-16-6-4-12(17)10-21(14)16/h3-10H,1-2H3. The summed E-state index contributed by atoms with van der Waals surface area (Å²) in [5, 5.41) is 14.8. The van der Waals surface area contributed by atoms with Crippen LogP contribution in [0.1, 0.15) is 11.3 Å². The van der Waals surface area contributed by atoms with Gasteiger partial charge in [0.1, 0.15) is 11.5 Å². The fraction of sp³-hybridized carbons (Fsp3) is 0.125. The van der Waals surface area contributed by atoms with E-state index >= 15 is 0 Å². The maximum Gasteiger partial charge on any atom is 0.279 e. The Bertz CT molecular complexity index is 1170. The van der Waals surface area contributed by atoms with Crippen LogP contribution >= 0.6 is 0 Å². The van der Waals surface area contributed by atoms with E-state index in [2.05, 4.69) is 10.1 Å². The zero-order chi connectivity index (χ0) is 19.8. The number of sulfonamides is 1. The van der Waals surface area contributed by atoms with Gasteiger partial charge in [-0.05, 0) is 24.6 Å². The minimum Gasteiger partial charge on any atom is -0.296 e. The maximum atomic E-state index is 13.4. The molecular formula is C16H14FN5O4S. The zero-order valence-electron chi connectivity index (χ0n) is 14.3. The predicted molar refractivity (Wildman–Crippen MR) is 95.5 cm³/mol. The molecule has 0 bridgehead atoms. The van der Waals surface area contributed by atoms with Crippen molar-refractivity contribution in [1.82, 2.24) is 13.8 Å². The quantitative estimate of drug-likeness (QED) is 0.377. The summed E-state index contributed by atoms with van der Waals surface area (Å²) in [6.07, 6.45) is 3.82. The second-order valence-electron chi connectivity index (χ2n) is 5.65. The van der Waals surface area contributed by atoms with Crippen LogP contribution in [0, 0.1) is 22.9 Å². The van der Waals surface area contributed by atoms with Crippen LogP contribution in [0.2, 0.25) is 0 Å². The number of nitro benzene ring substituents is 1. The lowest BCUT2D eigenvalue weighted by atomic mass is 10.2. The van der Waals surface area contributed by atoms with E-state index in [1.807, 2.05) is 0 Å². The minimum atomic E-state index is -4.11. The molecule has 11 heteroatoms. The van der Waals surface area contributed by atoms with Crippen LogP contribution in [-0.2, 0) is 10.0 Å². The molecule has 0 amide bonds. The summed E-state index contributed by atoms with van der Waals surface area (Å²) in [5.74, 6) is -0.483. The van der Waals surface area contributed by atoms with Crippen LogP contribution in [0.4, 0.5) is 10.1 Å². The van der Waals surface area contributed by atoms with Crippen LogP contribution in [0.3, 0.4) is 0 Å². The van der Waals surface area contributed by atoms with Crippen molar-refractivity contribution in [3.63, 3.8) is 0 Å². The molecule has 0 aliphatic rings. The molecule has 0 fully saturated rings. The zero-order valence-corrected chi connectivity index (χ0v) is 15.1. The molecule has 9 nitrogen and oxygen atoms in total. The Hall–Kier alpha value is -3.34. The number of fused-ring (bicyclic) bond motifs is 1. The Morgan fingerprint density at radius 3 is 2.78 bits per heavy atom. The Balaban J connectivity index is 1.96. The number of pyridine rings is 1. The topological polar surface area (TPSA) is 110 Å². The average molecular weight is 391 g/mol. The SMILES string of the molecule is Cc1ccc([N+](=O)[O-])cc1S(=O)(=O)N(C)N=Cc1cnc2ccc(F)cn12. The summed E-state index contributed by atoms with van der Waals surface area (Å²) in [6, 6.07) is 6.30. The molecule has 0 spiro atoms. The molecule has 0 aliphatic carbocycles.